The highest BCUT2D eigenvalue weighted by Gasteiger charge is 2.24. The van der Waals surface area contributed by atoms with Crippen LogP contribution in [0.2, 0.25) is 0 Å². The first-order chi connectivity index (χ1) is 20.3. The molecule has 0 amide bonds. The highest BCUT2D eigenvalue weighted by atomic mass is 15.0. The van der Waals surface area contributed by atoms with Crippen molar-refractivity contribution in [2.24, 2.45) is 0 Å². The third-order valence-corrected chi connectivity index (χ3v) is 8.77. The number of hydrogen-bond donors (Lipinski definition) is 0. The highest BCUT2D eigenvalue weighted by Crippen LogP contribution is 2.43. The predicted octanol–water partition coefficient (Wildman–Crippen LogP) is 10.0. The van der Waals surface area contributed by atoms with Crippen LogP contribution in [-0.2, 0) is 6.42 Å². The second-order valence-electron chi connectivity index (χ2n) is 10.9. The average molecular weight is 522 g/mol. The number of aromatic nitrogens is 2. The van der Waals surface area contributed by atoms with Crippen LogP contribution in [0.25, 0.3) is 71.0 Å². The van der Waals surface area contributed by atoms with E-state index in [1.165, 1.54) is 49.7 Å². The Labute approximate surface area is 236 Å². The second kappa shape index (κ2) is 8.21. The smallest absolute Gasteiger partial charge is 0.188 e. The summed E-state index contributed by atoms with van der Waals surface area (Å²) in [6, 6.07) is 45.6. The van der Waals surface area contributed by atoms with Crippen LogP contribution in [-0.4, -0.2) is 9.13 Å². The minimum atomic E-state index is 0.661. The van der Waals surface area contributed by atoms with E-state index in [0.717, 1.165) is 33.9 Å². The van der Waals surface area contributed by atoms with Crippen molar-refractivity contribution in [3.63, 3.8) is 0 Å². The molecule has 190 valence electrons. The Balaban J connectivity index is 1.39. The van der Waals surface area contributed by atoms with Crippen molar-refractivity contribution in [2.45, 2.75) is 6.42 Å². The van der Waals surface area contributed by atoms with E-state index in [1.807, 2.05) is 12.1 Å². The molecule has 3 heteroatoms. The van der Waals surface area contributed by atoms with Crippen molar-refractivity contribution in [3.05, 3.63) is 150 Å². The number of nitrogens with zero attached hydrogens (tertiary/aromatic N) is 3. The highest BCUT2D eigenvalue weighted by molar-refractivity contribution is 6.12. The Kier molecular flexibility index (Phi) is 4.45. The standard InChI is InChI=1S/C38H23N3/c1-39-25-17-20-37-33(22-25)31-19-18-26(40-34-14-6-4-11-29(34)30-12-5-7-15-35(30)40)23-38(31)41(37)36-16-8-13-28-27-10-3-2-9-24(27)21-32(28)36/h2-20,22-23H,21H2. The zero-order chi connectivity index (χ0) is 27.1. The summed E-state index contributed by atoms with van der Waals surface area (Å²) in [6.07, 6.45) is 0.912. The monoisotopic (exact) mass is 521 g/mol. The fourth-order valence-corrected chi connectivity index (χ4v) is 7.02. The van der Waals surface area contributed by atoms with Crippen molar-refractivity contribution >= 4 is 49.3 Å². The summed E-state index contributed by atoms with van der Waals surface area (Å²) in [5.41, 5.74) is 13.0. The zero-order valence-electron chi connectivity index (χ0n) is 22.2. The Morgan fingerprint density at radius 1 is 0.512 bits per heavy atom. The van der Waals surface area contributed by atoms with Crippen LogP contribution < -0.4 is 0 Å². The molecule has 3 nitrogen and oxygen atoms in total. The first-order valence-electron chi connectivity index (χ1n) is 13.9. The molecule has 0 bridgehead atoms. The van der Waals surface area contributed by atoms with Crippen LogP contribution in [0.3, 0.4) is 0 Å². The molecule has 0 N–H and O–H groups in total. The fraction of sp³-hybridized carbons (Fsp3) is 0.0263. The molecule has 0 unspecified atom stereocenters. The van der Waals surface area contributed by atoms with Gasteiger partial charge in [0.1, 0.15) is 0 Å². The molecule has 1 aliphatic carbocycles. The minimum absolute atomic E-state index is 0.661. The van der Waals surface area contributed by atoms with Gasteiger partial charge in [0.2, 0.25) is 0 Å². The van der Waals surface area contributed by atoms with Crippen molar-refractivity contribution in [2.75, 3.05) is 0 Å². The lowest BCUT2D eigenvalue weighted by molar-refractivity contribution is 1.11. The number of hydrogen-bond acceptors (Lipinski definition) is 0. The van der Waals surface area contributed by atoms with Crippen LogP contribution >= 0.6 is 0 Å². The second-order valence-corrected chi connectivity index (χ2v) is 10.9. The lowest BCUT2D eigenvalue weighted by Gasteiger charge is -2.14. The van der Waals surface area contributed by atoms with Gasteiger partial charge in [0.25, 0.3) is 0 Å². The molecule has 6 aromatic carbocycles. The molecule has 2 aromatic heterocycles. The third-order valence-electron chi connectivity index (χ3n) is 8.77. The molecule has 0 atom stereocenters. The summed E-state index contributed by atoms with van der Waals surface area (Å²) < 4.78 is 4.79. The Bertz CT molecular complexity index is 2360. The van der Waals surface area contributed by atoms with Crippen LogP contribution in [0.1, 0.15) is 11.1 Å². The lowest BCUT2D eigenvalue weighted by atomic mass is 10.0. The van der Waals surface area contributed by atoms with Crippen LogP contribution in [0.5, 0.6) is 0 Å². The SMILES string of the molecule is [C-]#[N+]c1ccc2c(c1)c1ccc(-n3c4ccccc4c4ccccc43)cc1n2-c1cccc2c1Cc1ccccc1-2. The molecule has 0 spiro atoms. The summed E-state index contributed by atoms with van der Waals surface area (Å²) >= 11 is 0. The van der Waals surface area contributed by atoms with E-state index in [1.54, 1.807) is 0 Å². The molecule has 0 saturated heterocycles. The van der Waals surface area contributed by atoms with Crippen LogP contribution in [0.4, 0.5) is 5.69 Å². The van der Waals surface area contributed by atoms with Gasteiger partial charge < -0.3 is 9.13 Å². The largest absolute Gasteiger partial charge is 0.309 e. The van der Waals surface area contributed by atoms with Gasteiger partial charge in [-0.05, 0) is 70.1 Å². The maximum atomic E-state index is 7.67. The quantitative estimate of drug-likeness (QED) is 0.201. The molecule has 1 aliphatic rings. The fourth-order valence-electron chi connectivity index (χ4n) is 7.02. The Hall–Kier alpha value is -5.59. The van der Waals surface area contributed by atoms with Gasteiger partial charge in [-0.3, -0.25) is 0 Å². The molecular weight excluding hydrogens is 498 g/mol. The first-order valence-corrected chi connectivity index (χ1v) is 13.9. The molecule has 0 fully saturated rings. The Morgan fingerprint density at radius 3 is 2.00 bits per heavy atom. The van der Waals surface area contributed by atoms with Crippen molar-refractivity contribution in [3.8, 4) is 22.5 Å². The van der Waals surface area contributed by atoms with Crippen LogP contribution in [0, 0.1) is 6.57 Å². The summed E-state index contributed by atoms with van der Waals surface area (Å²) in [5.74, 6) is 0. The summed E-state index contributed by atoms with van der Waals surface area (Å²) in [4.78, 5) is 3.76. The van der Waals surface area contributed by atoms with Gasteiger partial charge in [0.05, 0.1) is 34.3 Å². The molecule has 0 aliphatic heterocycles. The maximum Gasteiger partial charge on any atom is 0.188 e. The molecule has 41 heavy (non-hydrogen) atoms. The average Bonchev–Trinajstić information content (AvgIpc) is 3.68. The maximum absolute atomic E-state index is 7.67. The van der Waals surface area contributed by atoms with E-state index in [4.69, 9.17) is 6.57 Å². The van der Waals surface area contributed by atoms with Gasteiger partial charge in [-0.25, -0.2) is 4.85 Å². The van der Waals surface area contributed by atoms with E-state index >= 15 is 0 Å². The lowest BCUT2D eigenvalue weighted by Crippen LogP contribution is -2.00. The summed E-state index contributed by atoms with van der Waals surface area (Å²) in [5, 5.41) is 4.77. The van der Waals surface area contributed by atoms with Crippen molar-refractivity contribution < 1.29 is 0 Å². The van der Waals surface area contributed by atoms with E-state index < -0.39 is 0 Å². The molecule has 2 heterocycles. The van der Waals surface area contributed by atoms with E-state index in [2.05, 4.69) is 129 Å². The van der Waals surface area contributed by atoms with Gasteiger partial charge >= 0.3 is 0 Å². The summed E-state index contributed by atoms with van der Waals surface area (Å²) in [6.45, 7) is 7.67. The number of fused-ring (bicyclic) bond motifs is 9. The number of rotatable bonds is 2. The molecule has 9 rings (SSSR count). The van der Waals surface area contributed by atoms with Crippen LogP contribution in [0.15, 0.2) is 127 Å². The van der Waals surface area contributed by atoms with E-state index in [9.17, 15) is 0 Å². The van der Waals surface area contributed by atoms with Gasteiger partial charge in [-0.2, -0.15) is 0 Å². The number of benzene rings is 6. The molecule has 0 saturated carbocycles. The minimum Gasteiger partial charge on any atom is -0.309 e. The topological polar surface area (TPSA) is 14.2 Å². The van der Waals surface area contributed by atoms with E-state index in [0.29, 0.717) is 5.69 Å². The van der Waals surface area contributed by atoms with Gasteiger partial charge in [-0.1, -0.05) is 84.9 Å². The normalized spacial score (nSPS) is 12.3. The molecule has 0 radical (unpaired) electrons. The van der Waals surface area contributed by atoms with E-state index in [-0.39, 0.29) is 0 Å². The van der Waals surface area contributed by atoms with Crippen molar-refractivity contribution in [1.29, 1.82) is 0 Å². The third kappa shape index (κ3) is 3.02. The molecular formula is C38H23N3. The predicted molar refractivity (Wildman–Crippen MR) is 170 cm³/mol. The zero-order valence-corrected chi connectivity index (χ0v) is 22.2. The molecule has 8 aromatic rings. The number of para-hydroxylation sites is 2. The van der Waals surface area contributed by atoms with Gasteiger partial charge in [0.15, 0.2) is 5.69 Å². The first kappa shape index (κ1) is 22.2. The van der Waals surface area contributed by atoms with Gasteiger partial charge in [0, 0.05) is 28.3 Å². The summed E-state index contributed by atoms with van der Waals surface area (Å²) in [7, 11) is 0. The Morgan fingerprint density at radius 2 is 1.20 bits per heavy atom. The van der Waals surface area contributed by atoms with Crippen molar-refractivity contribution in [1.82, 2.24) is 9.13 Å². The van der Waals surface area contributed by atoms with Gasteiger partial charge in [-0.15, -0.1) is 0 Å².